The molecule has 0 N–H and O–H groups in total. The van der Waals surface area contributed by atoms with E-state index in [0.29, 0.717) is 37.1 Å². The van der Waals surface area contributed by atoms with Gasteiger partial charge in [0.25, 0.3) is 0 Å². The summed E-state index contributed by atoms with van der Waals surface area (Å²) < 4.78 is 81.4. The predicted octanol–water partition coefficient (Wildman–Crippen LogP) is 4.84. The molecule has 6 rings (SSSR count). The van der Waals surface area contributed by atoms with Gasteiger partial charge in [-0.15, -0.1) is 5.10 Å². The molecule has 0 spiro atoms. The number of aromatic nitrogens is 6. The number of rotatable bonds is 6. The average molecular weight is 573 g/mol. The largest absolute Gasteiger partial charge is 0.487 e. The highest BCUT2D eigenvalue weighted by Gasteiger charge is 2.38. The van der Waals surface area contributed by atoms with Gasteiger partial charge in [-0.25, -0.2) is 27.6 Å². The van der Waals surface area contributed by atoms with Crippen molar-refractivity contribution < 1.29 is 31.1 Å². The molecule has 0 saturated carbocycles. The number of halogens is 3. The van der Waals surface area contributed by atoms with Gasteiger partial charge in [-0.1, -0.05) is 30.3 Å². The zero-order valence-electron chi connectivity index (χ0n) is 21.2. The van der Waals surface area contributed by atoms with Gasteiger partial charge in [0.1, 0.15) is 29.3 Å². The summed E-state index contributed by atoms with van der Waals surface area (Å²) in [6.07, 6.45) is -0.230. The first-order valence-corrected chi connectivity index (χ1v) is 14.3. The molecule has 5 aromatic rings. The normalized spacial score (nSPS) is 16.6. The second-order valence-corrected chi connectivity index (χ2v) is 11.4. The highest BCUT2D eigenvalue weighted by Crippen LogP contribution is 2.40. The SMILES string of the molecule is CS(=O)(=O)c1ncc(C(F)(F)F)c(-c2nn(C3CCCCO3)c3nn4cc(OCc5ccccc5)ccc4c23)n1. The summed E-state index contributed by atoms with van der Waals surface area (Å²) >= 11 is 0. The van der Waals surface area contributed by atoms with Crippen LogP contribution in [0.25, 0.3) is 27.9 Å². The van der Waals surface area contributed by atoms with Crippen molar-refractivity contribution in [3.05, 3.63) is 66.0 Å². The molecule has 0 bridgehead atoms. The van der Waals surface area contributed by atoms with Crippen LogP contribution in [0.15, 0.2) is 60.0 Å². The maximum Gasteiger partial charge on any atom is 0.420 e. The number of nitrogens with zero attached hydrogens (tertiary/aromatic N) is 6. The molecule has 1 aliphatic rings. The fourth-order valence-corrected chi connectivity index (χ4v) is 5.15. The molecule has 1 aliphatic heterocycles. The molecule has 1 fully saturated rings. The molecular formula is C26H23F3N6O4S. The van der Waals surface area contributed by atoms with E-state index in [1.54, 1.807) is 18.3 Å². The first-order valence-electron chi connectivity index (χ1n) is 12.4. The van der Waals surface area contributed by atoms with E-state index < -0.39 is 38.7 Å². The molecule has 40 heavy (non-hydrogen) atoms. The lowest BCUT2D eigenvalue weighted by Gasteiger charge is -2.22. The van der Waals surface area contributed by atoms with E-state index >= 15 is 0 Å². The molecule has 1 atom stereocenters. The Bertz CT molecular complexity index is 1810. The quantitative estimate of drug-likeness (QED) is 0.266. The van der Waals surface area contributed by atoms with Gasteiger partial charge in [-0.3, -0.25) is 0 Å². The summed E-state index contributed by atoms with van der Waals surface area (Å²) in [5, 5.41) is 8.65. The van der Waals surface area contributed by atoms with Crippen LogP contribution in [-0.2, 0) is 27.4 Å². The van der Waals surface area contributed by atoms with Crippen LogP contribution in [0.5, 0.6) is 5.75 Å². The second-order valence-electron chi connectivity index (χ2n) is 9.47. The Morgan fingerprint density at radius 3 is 2.58 bits per heavy atom. The molecule has 1 saturated heterocycles. The fraction of sp³-hybridized carbons (Fsp3) is 0.308. The number of hydrogen-bond donors (Lipinski definition) is 0. The molecule has 0 radical (unpaired) electrons. The number of alkyl halides is 3. The average Bonchev–Trinajstić information content (AvgIpc) is 3.48. The van der Waals surface area contributed by atoms with E-state index in [1.165, 1.54) is 9.20 Å². The van der Waals surface area contributed by atoms with Gasteiger partial charge in [0.05, 0.1) is 17.1 Å². The van der Waals surface area contributed by atoms with Crippen molar-refractivity contribution in [3.63, 3.8) is 0 Å². The Kier molecular flexibility index (Phi) is 6.45. The smallest absolute Gasteiger partial charge is 0.420 e. The summed E-state index contributed by atoms with van der Waals surface area (Å²) in [5.41, 5.74) is -0.357. The minimum Gasteiger partial charge on any atom is -0.487 e. The van der Waals surface area contributed by atoms with E-state index in [0.717, 1.165) is 24.7 Å². The summed E-state index contributed by atoms with van der Waals surface area (Å²) in [7, 11) is -4.01. The van der Waals surface area contributed by atoms with Gasteiger partial charge in [0, 0.05) is 19.1 Å². The lowest BCUT2D eigenvalue weighted by atomic mass is 10.1. The van der Waals surface area contributed by atoms with Crippen LogP contribution >= 0.6 is 0 Å². The first-order chi connectivity index (χ1) is 19.1. The van der Waals surface area contributed by atoms with Crippen LogP contribution in [0.3, 0.4) is 0 Å². The molecule has 1 aromatic carbocycles. The van der Waals surface area contributed by atoms with Crippen LogP contribution in [0.1, 0.15) is 36.6 Å². The zero-order valence-corrected chi connectivity index (χ0v) is 22.0. The van der Waals surface area contributed by atoms with Crippen molar-refractivity contribution in [2.75, 3.05) is 12.9 Å². The Balaban J connectivity index is 1.54. The van der Waals surface area contributed by atoms with Gasteiger partial charge in [-0.2, -0.15) is 18.3 Å². The van der Waals surface area contributed by atoms with Crippen LogP contribution in [0.2, 0.25) is 0 Å². The van der Waals surface area contributed by atoms with Crippen LogP contribution < -0.4 is 4.74 Å². The van der Waals surface area contributed by atoms with Gasteiger partial charge in [0.2, 0.25) is 15.0 Å². The molecule has 0 amide bonds. The number of ether oxygens (including phenoxy) is 2. The topological polar surface area (TPSA) is 114 Å². The third-order valence-corrected chi connectivity index (χ3v) is 7.41. The summed E-state index contributed by atoms with van der Waals surface area (Å²) in [4.78, 5) is 7.33. The number of benzene rings is 1. The Morgan fingerprint density at radius 1 is 1.07 bits per heavy atom. The van der Waals surface area contributed by atoms with Crippen molar-refractivity contribution in [2.45, 2.75) is 43.4 Å². The monoisotopic (exact) mass is 572 g/mol. The number of hydrogen-bond acceptors (Lipinski definition) is 8. The number of sulfone groups is 1. The third kappa shape index (κ3) is 4.88. The van der Waals surface area contributed by atoms with Crippen molar-refractivity contribution >= 4 is 26.4 Å². The van der Waals surface area contributed by atoms with Crippen LogP contribution in [-0.4, -0.2) is 50.6 Å². The number of pyridine rings is 1. The highest BCUT2D eigenvalue weighted by atomic mass is 32.2. The Morgan fingerprint density at radius 2 is 1.88 bits per heavy atom. The second kappa shape index (κ2) is 9.86. The maximum absolute atomic E-state index is 14.1. The van der Waals surface area contributed by atoms with Crippen LogP contribution in [0, 0.1) is 0 Å². The zero-order chi connectivity index (χ0) is 28.1. The van der Waals surface area contributed by atoms with Gasteiger partial charge in [0.15, 0.2) is 11.9 Å². The predicted molar refractivity (Wildman–Crippen MR) is 137 cm³/mol. The van der Waals surface area contributed by atoms with E-state index in [9.17, 15) is 21.6 Å². The lowest BCUT2D eigenvalue weighted by molar-refractivity contribution is -0.137. The molecule has 0 aliphatic carbocycles. The summed E-state index contributed by atoms with van der Waals surface area (Å²) in [6.45, 7) is 0.776. The summed E-state index contributed by atoms with van der Waals surface area (Å²) in [5.74, 6) is 0.494. The highest BCUT2D eigenvalue weighted by molar-refractivity contribution is 7.90. The van der Waals surface area contributed by atoms with E-state index in [4.69, 9.17) is 9.47 Å². The number of fused-ring (bicyclic) bond motifs is 3. The minimum absolute atomic E-state index is 0.170. The molecule has 5 heterocycles. The molecular weight excluding hydrogens is 549 g/mol. The Hall–Kier alpha value is -4.04. The first kappa shape index (κ1) is 26.2. The van der Waals surface area contributed by atoms with E-state index in [2.05, 4.69) is 20.2 Å². The van der Waals surface area contributed by atoms with Gasteiger partial charge in [-0.05, 0) is 37.0 Å². The summed E-state index contributed by atoms with van der Waals surface area (Å²) in [6, 6.07) is 12.9. The third-order valence-electron chi connectivity index (χ3n) is 6.55. The standard InChI is InChI=1S/C26H23F3N6O4S/c1-40(36,37)25-30-13-18(26(27,28)29)22(31-25)23-21-19-11-10-17(39-15-16-7-3-2-4-8-16)14-34(19)33-24(21)35(32-23)20-9-5-6-12-38-20/h2-4,7-8,10-11,13-14,20H,5-6,9,12,15H2,1H3. The van der Waals surface area contributed by atoms with Crippen molar-refractivity contribution in [1.82, 2.24) is 29.4 Å². The minimum atomic E-state index is -4.87. The van der Waals surface area contributed by atoms with Gasteiger partial charge < -0.3 is 9.47 Å². The fourth-order valence-electron chi connectivity index (χ4n) is 4.65. The van der Waals surface area contributed by atoms with Crippen molar-refractivity contribution in [3.8, 4) is 17.1 Å². The van der Waals surface area contributed by atoms with E-state index in [1.807, 2.05) is 30.3 Å². The molecule has 1 unspecified atom stereocenters. The van der Waals surface area contributed by atoms with Crippen LogP contribution in [0.4, 0.5) is 13.2 Å². The van der Waals surface area contributed by atoms with Gasteiger partial charge >= 0.3 is 6.18 Å². The molecule has 208 valence electrons. The van der Waals surface area contributed by atoms with E-state index in [-0.39, 0.29) is 16.7 Å². The maximum atomic E-state index is 14.1. The molecule has 4 aromatic heterocycles. The molecule has 10 nitrogen and oxygen atoms in total. The van der Waals surface area contributed by atoms with Crippen molar-refractivity contribution in [1.29, 1.82) is 0 Å². The molecule has 14 heteroatoms. The lowest BCUT2D eigenvalue weighted by Crippen LogP contribution is -2.19. The van der Waals surface area contributed by atoms with Crippen molar-refractivity contribution in [2.24, 2.45) is 0 Å². The Labute approximate surface area is 226 Å².